The first-order chi connectivity index (χ1) is 14.8. The van der Waals surface area contributed by atoms with Gasteiger partial charge in [-0.25, -0.2) is 4.98 Å². The molecule has 3 heterocycles. The Bertz CT molecular complexity index is 940. The van der Waals surface area contributed by atoms with Crippen LogP contribution in [-0.4, -0.2) is 57.4 Å². The number of pyridine rings is 2. The Morgan fingerprint density at radius 3 is 2.19 bits per heavy atom. The van der Waals surface area contributed by atoms with Crippen LogP contribution in [0.25, 0.3) is 11.3 Å². The van der Waals surface area contributed by atoms with Gasteiger partial charge >= 0.3 is 17.9 Å². The summed E-state index contributed by atoms with van der Waals surface area (Å²) in [7, 11) is 0. The van der Waals surface area contributed by atoms with Crippen molar-refractivity contribution in [3.63, 3.8) is 0 Å². The fourth-order valence-electron chi connectivity index (χ4n) is 3.09. The van der Waals surface area contributed by atoms with Crippen LogP contribution in [0, 0.1) is 0 Å². The summed E-state index contributed by atoms with van der Waals surface area (Å²) in [6.07, 6.45) is 0.524. The van der Waals surface area contributed by atoms with E-state index in [0.29, 0.717) is 11.6 Å². The van der Waals surface area contributed by atoms with E-state index in [1.165, 1.54) is 32.5 Å². The van der Waals surface area contributed by atoms with E-state index in [0.717, 1.165) is 5.56 Å². The van der Waals surface area contributed by atoms with Crippen LogP contribution in [0.1, 0.15) is 20.8 Å². The summed E-state index contributed by atoms with van der Waals surface area (Å²) in [5.74, 6) is -1.13. The molecule has 2 aromatic rings. The van der Waals surface area contributed by atoms with Crippen LogP contribution in [-0.2, 0) is 28.6 Å². The Hall–Kier alpha value is -3.14. The first kappa shape index (κ1) is 22.5. The summed E-state index contributed by atoms with van der Waals surface area (Å²) in [6.45, 7) is 3.73. The summed E-state index contributed by atoms with van der Waals surface area (Å²) in [5, 5.41) is 0. The van der Waals surface area contributed by atoms with Crippen LogP contribution in [0.5, 0.6) is 5.88 Å². The fourth-order valence-corrected chi connectivity index (χ4v) is 4.30. The van der Waals surface area contributed by atoms with Crippen LogP contribution in [0.3, 0.4) is 0 Å². The molecule has 0 N–H and O–H groups in total. The second kappa shape index (κ2) is 10.3. The Morgan fingerprint density at radius 2 is 1.55 bits per heavy atom. The minimum Gasteiger partial charge on any atom is -0.459 e. The lowest BCUT2D eigenvalue weighted by Crippen LogP contribution is -2.55. The number of ether oxygens (including phenoxy) is 4. The zero-order valence-electron chi connectivity index (χ0n) is 17.2. The standard InChI is InChI=1S/C21H22N2O7S/c1-12(24)27-17-11-31-21(20(29-14(3)26)19(17)28-13(2)25)30-18-6-4-5-16(23-18)15-7-9-22-10-8-15/h4-10,17,19-21H,11H2,1-3H3/t17-,19+,20-,21+/m1/s1. The maximum Gasteiger partial charge on any atom is 0.303 e. The normalized spacial score (nSPS) is 22.8. The van der Waals surface area contributed by atoms with Crippen molar-refractivity contribution >= 4 is 29.7 Å². The van der Waals surface area contributed by atoms with E-state index in [1.54, 1.807) is 24.5 Å². The molecule has 3 rings (SSSR count). The van der Waals surface area contributed by atoms with Crippen molar-refractivity contribution in [1.82, 2.24) is 9.97 Å². The molecule has 0 bridgehead atoms. The molecule has 1 fully saturated rings. The van der Waals surface area contributed by atoms with Gasteiger partial charge < -0.3 is 18.9 Å². The van der Waals surface area contributed by atoms with Gasteiger partial charge in [0.15, 0.2) is 23.7 Å². The number of nitrogens with zero attached hydrogens (tertiary/aromatic N) is 2. The highest BCUT2D eigenvalue weighted by Gasteiger charge is 2.47. The van der Waals surface area contributed by atoms with E-state index in [2.05, 4.69) is 9.97 Å². The molecule has 1 aliphatic heterocycles. The SMILES string of the molecule is CC(=O)O[C@@H]1[C@@H](OC(C)=O)[C@@H](Oc2cccc(-c3ccncc3)n2)SC[C@H]1OC(C)=O. The summed E-state index contributed by atoms with van der Waals surface area (Å²) in [6, 6.07) is 8.94. The molecule has 0 unspecified atom stereocenters. The predicted molar refractivity (Wildman–Crippen MR) is 111 cm³/mol. The lowest BCUT2D eigenvalue weighted by atomic mass is 10.1. The van der Waals surface area contributed by atoms with Crippen molar-refractivity contribution < 1.29 is 33.3 Å². The number of hydrogen-bond acceptors (Lipinski definition) is 10. The third kappa shape index (κ3) is 6.17. The molecule has 1 saturated heterocycles. The Kier molecular flexibility index (Phi) is 7.45. The van der Waals surface area contributed by atoms with Crippen molar-refractivity contribution in [1.29, 1.82) is 0 Å². The smallest absolute Gasteiger partial charge is 0.303 e. The van der Waals surface area contributed by atoms with E-state index in [1.807, 2.05) is 18.2 Å². The third-order valence-corrected chi connectivity index (χ3v) is 5.46. The van der Waals surface area contributed by atoms with Gasteiger partial charge in [0.05, 0.1) is 5.69 Å². The fraction of sp³-hybridized carbons (Fsp3) is 0.381. The predicted octanol–water partition coefficient (Wildman–Crippen LogP) is 2.39. The van der Waals surface area contributed by atoms with Gasteiger partial charge in [-0.1, -0.05) is 6.07 Å². The topological polar surface area (TPSA) is 114 Å². The molecule has 1 aliphatic rings. The molecule has 164 valence electrons. The van der Waals surface area contributed by atoms with Gasteiger partial charge in [-0.15, -0.1) is 11.8 Å². The summed E-state index contributed by atoms with van der Waals surface area (Å²) in [4.78, 5) is 43.4. The van der Waals surface area contributed by atoms with Crippen molar-refractivity contribution in [3.05, 3.63) is 42.7 Å². The minimum absolute atomic E-state index is 0.282. The van der Waals surface area contributed by atoms with E-state index in [4.69, 9.17) is 18.9 Å². The zero-order chi connectivity index (χ0) is 22.4. The van der Waals surface area contributed by atoms with Gasteiger partial charge in [-0.3, -0.25) is 19.4 Å². The van der Waals surface area contributed by atoms with Crippen molar-refractivity contribution in [3.8, 4) is 17.1 Å². The molecule has 0 spiro atoms. The van der Waals surface area contributed by atoms with Crippen LogP contribution < -0.4 is 4.74 Å². The van der Waals surface area contributed by atoms with Crippen molar-refractivity contribution in [2.75, 3.05) is 5.75 Å². The third-order valence-electron chi connectivity index (χ3n) is 4.24. The van der Waals surface area contributed by atoms with Crippen molar-refractivity contribution in [2.45, 2.75) is 44.5 Å². The molecule has 4 atom stereocenters. The van der Waals surface area contributed by atoms with Gasteiger partial charge in [-0.05, 0) is 18.2 Å². The molecule has 0 amide bonds. The molecule has 9 nitrogen and oxygen atoms in total. The number of esters is 3. The summed E-state index contributed by atoms with van der Waals surface area (Å²) in [5.41, 5.74) is 0.806. The largest absolute Gasteiger partial charge is 0.459 e. The second-order valence-electron chi connectivity index (χ2n) is 6.71. The highest BCUT2D eigenvalue weighted by Crippen LogP contribution is 2.34. The van der Waals surface area contributed by atoms with Gasteiger partial charge in [0.25, 0.3) is 0 Å². The van der Waals surface area contributed by atoms with E-state index in [9.17, 15) is 14.4 Å². The number of aromatic nitrogens is 2. The maximum absolute atomic E-state index is 11.8. The van der Waals surface area contributed by atoms with E-state index >= 15 is 0 Å². The molecule has 0 saturated carbocycles. The average Bonchev–Trinajstić information content (AvgIpc) is 2.72. The Labute approximate surface area is 183 Å². The van der Waals surface area contributed by atoms with E-state index in [-0.39, 0.29) is 5.75 Å². The quantitative estimate of drug-likeness (QED) is 0.484. The summed E-state index contributed by atoms with van der Waals surface area (Å²) < 4.78 is 22.1. The van der Waals surface area contributed by atoms with Crippen LogP contribution >= 0.6 is 11.8 Å². The first-order valence-corrected chi connectivity index (χ1v) is 10.6. The van der Waals surface area contributed by atoms with Gasteiger partial charge in [-0.2, -0.15) is 0 Å². The molecule has 0 aliphatic carbocycles. The van der Waals surface area contributed by atoms with Gasteiger partial charge in [0.2, 0.25) is 5.88 Å². The van der Waals surface area contributed by atoms with Crippen molar-refractivity contribution in [2.24, 2.45) is 0 Å². The number of carbonyl (C=O) groups is 3. The van der Waals surface area contributed by atoms with E-state index < -0.39 is 41.7 Å². The summed E-state index contributed by atoms with van der Waals surface area (Å²) >= 11 is 1.27. The highest BCUT2D eigenvalue weighted by atomic mass is 32.2. The number of thioether (sulfide) groups is 1. The molecule has 0 radical (unpaired) electrons. The van der Waals surface area contributed by atoms with Gasteiger partial charge in [0, 0.05) is 50.5 Å². The minimum atomic E-state index is -1.01. The zero-order valence-corrected chi connectivity index (χ0v) is 18.0. The Balaban J connectivity index is 1.86. The number of rotatable bonds is 6. The maximum atomic E-state index is 11.8. The Morgan fingerprint density at radius 1 is 0.903 bits per heavy atom. The van der Waals surface area contributed by atoms with Crippen LogP contribution in [0.4, 0.5) is 0 Å². The van der Waals surface area contributed by atoms with Crippen LogP contribution in [0.15, 0.2) is 42.7 Å². The lowest BCUT2D eigenvalue weighted by molar-refractivity contribution is -0.186. The lowest BCUT2D eigenvalue weighted by Gasteiger charge is -2.39. The molecular weight excluding hydrogens is 424 g/mol. The first-order valence-electron chi connectivity index (χ1n) is 9.51. The highest BCUT2D eigenvalue weighted by molar-refractivity contribution is 7.99. The number of carbonyl (C=O) groups excluding carboxylic acids is 3. The van der Waals surface area contributed by atoms with Gasteiger partial charge in [0.1, 0.15) is 0 Å². The second-order valence-corrected chi connectivity index (χ2v) is 7.84. The molecule has 0 aromatic carbocycles. The van der Waals surface area contributed by atoms with Crippen LogP contribution in [0.2, 0.25) is 0 Å². The molecular formula is C21H22N2O7S. The molecule has 31 heavy (non-hydrogen) atoms. The number of hydrogen-bond donors (Lipinski definition) is 0. The molecule has 10 heteroatoms. The molecule has 2 aromatic heterocycles. The average molecular weight is 446 g/mol. The monoisotopic (exact) mass is 446 g/mol.